The van der Waals surface area contributed by atoms with Crippen LogP contribution in [0.15, 0.2) is 35.7 Å². The molecule has 1 amide bonds. The number of amides is 1. The molecule has 0 saturated heterocycles. The van der Waals surface area contributed by atoms with E-state index in [2.05, 4.69) is 39.4 Å². The minimum atomic E-state index is 0.0526. The third kappa shape index (κ3) is 4.78. The van der Waals surface area contributed by atoms with Crippen LogP contribution in [0.5, 0.6) is 0 Å². The third-order valence-electron chi connectivity index (χ3n) is 2.61. The Balaban J connectivity index is 1.80. The largest absolute Gasteiger partial charge is 0.325 e. The number of halogens is 2. The number of carbonyl (C=O) groups excluding carboxylic acids is 1. The summed E-state index contributed by atoms with van der Waals surface area (Å²) in [5.41, 5.74) is 0.825. The summed E-state index contributed by atoms with van der Waals surface area (Å²) in [7, 11) is 0. The molecule has 0 aliphatic carbocycles. The van der Waals surface area contributed by atoms with Crippen LogP contribution in [0.2, 0.25) is 5.02 Å². The number of nitrogens with one attached hydrogen (secondary N) is 1. The van der Waals surface area contributed by atoms with Crippen molar-refractivity contribution in [2.75, 3.05) is 5.32 Å². The maximum atomic E-state index is 11.8. The van der Waals surface area contributed by atoms with Crippen LogP contribution in [0.3, 0.4) is 0 Å². The SMILES string of the molecule is O=C(CCCc1cccs1)Nc1ccc(Cl)cc1I. The van der Waals surface area contributed by atoms with E-state index in [0.717, 1.165) is 22.1 Å². The summed E-state index contributed by atoms with van der Waals surface area (Å²) < 4.78 is 0.955. The highest BCUT2D eigenvalue weighted by molar-refractivity contribution is 14.1. The quantitative estimate of drug-likeness (QED) is 0.699. The second-order valence-electron chi connectivity index (χ2n) is 4.11. The van der Waals surface area contributed by atoms with Gasteiger partial charge in [-0.2, -0.15) is 0 Å². The van der Waals surface area contributed by atoms with Crippen molar-refractivity contribution in [2.45, 2.75) is 19.3 Å². The van der Waals surface area contributed by atoms with Crippen LogP contribution in [-0.2, 0) is 11.2 Å². The van der Waals surface area contributed by atoms with Gasteiger partial charge in [0.05, 0.1) is 5.69 Å². The molecule has 0 atom stereocenters. The van der Waals surface area contributed by atoms with Crippen molar-refractivity contribution >= 4 is 57.1 Å². The van der Waals surface area contributed by atoms with Gasteiger partial charge < -0.3 is 5.32 Å². The fourth-order valence-corrected chi connectivity index (χ4v) is 3.44. The molecule has 1 heterocycles. The van der Waals surface area contributed by atoms with E-state index in [0.29, 0.717) is 11.4 Å². The molecule has 1 aromatic carbocycles. The summed E-state index contributed by atoms with van der Waals surface area (Å²) in [5, 5.41) is 5.66. The van der Waals surface area contributed by atoms with Crippen LogP contribution in [0, 0.1) is 3.57 Å². The molecule has 0 spiro atoms. The molecule has 5 heteroatoms. The molecule has 0 radical (unpaired) electrons. The summed E-state index contributed by atoms with van der Waals surface area (Å²) in [6.45, 7) is 0. The van der Waals surface area contributed by atoms with Crippen LogP contribution >= 0.6 is 45.5 Å². The van der Waals surface area contributed by atoms with Gasteiger partial charge in [-0.15, -0.1) is 11.3 Å². The lowest BCUT2D eigenvalue weighted by Gasteiger charge is -2.07. The molecule has 0 bridgehead atoms. The number of hydrogen-bond acceptors (Lipinski definition) is 2. The molecule has 2 rings (SSSR count). The van der Waals surface area contributed by atoms with Gasteiger partial charge in [-0.25, -0.2) is 0 Å². The van der Waals surface area contributed by atoms with Crippen molar-refractivity contribution in [3.05, 3.63) is 49.2 Å². The third-order valence-corrected chi connectivity index (χ3v) is 4.68. The lowest BCUT2D eigenvalue weighted by atomic mass is 10.2. The predicted octanol–water partition coefficient (Wildman–Crippen LogP) is 4.97. The summed E-state index contributed by atoms with van der Waals surface area (Å²) in [4.78, 5) is 13.2. The molecule has 1 aromatic heterocycles. The Hall–Kier alpha value is -0.590. The Morgan fingerprint density at radius 2 is 2.21 bits per heavy atom. The van der Waals surface area contributed by atoms with E-state index in [1.54, 1.807) is 17.4 Å². The van der Waals surface area contributed by atoms with E-state index in [1.807, 2.05) is 18.2 Å². The average Bonchev–Trinajstić information content (AvgIpc) is 2.86. The highest BCUT2D eigenvalue weighted by atomic mass is 127. The van der Waals surface area contributed by atoms with Crippen molar-refractivity contribution in [1.29, 1.82) is 0 Å². The molecule has 2 aromatic rings. The van der Waals surface area contributed by atoms with Gasteiger partial charge in [-0.05, 0) is 65.1 Å². The van der Waals surface area contributed by atoms with Crippen molar-refractivity contribution < 1.29 is 4.79 Å². The number of aryl methyl sites for hydroxylation is 1. The van der Waals surface area contributed by atoms with E-state index in [1.165, 1.54) is 4.88 Å². The number of hydrogen-bond donors (Lipinski definition) is 1. The van der Waals surface area contributed by atoms with Gasteiger partial charge in [0.15, 0.2) is 0 Å². The first-order valence-electron chi connectivity index (χ1n) is 5.92. The molecule has 0 aliphatic rings. The van der Waals surface area contributed by atoms with E-state index in [-0.39, 0.29) is 5.91 Å². The van der Waals surface area contributed by atoms with Crippen LogP contribution in [0.4, 0.5) is 5.69 Å². The Morgan fingerprint density at radius 1 is 1.37 bits per heavy atom. The van der Waals surface area contributed by atoms with Crippen molar-refractivity contribution in [3.8, 4) is 0 Å². The first-order valence-corrected chi connectivity index (χ1v) is 8.26. The molecule has 0 saturated carbocycles. The standard InChI is InChI=1S/C14H13ClINOS/c15-10-6-7-13(12(16)9-10)17-14(18)5-1-3-11-4-2-8-19-11/h2,4,6-9H,1,3,5H2,(H,17,18). The van der Waals surface area contributed by atoms with E-state index >= 15 is 0 Å². The topological polar surface area (TPSA) is 29.1 Å². The zero-order valence-electron chi connectivity index (χ0n) is 10.2. The average molecular weight is 406 g/mol. The molecular weight excluding hydrogens is 393 g/mol. The molecule has 0 aliphatic heterocycles. The van der Waals surface area contributed by atoms with Gasteiger partial charge in [-0.1, -0.05) is 17.7 Å². The Kier molecular flexibility index (Phi) is 5.66. The zero-order chi connectivity index (χ0) is 13.7. The Bertz CT molecular complexity index is 557. The first-order chi connectivity index (χ1) is 9.15. The summed E-state index contributed by atoms with van der Waals surface area (Å²) in [6, 6.07) is 9.59. The van der Waals surface area contributed by atoms with E-state index < -0.39 is 0 Å². The molecule has 19 heavy (non-hydrogen) atoms. The van der Waals surface area contributed by atoms with Crippen molar-refractivity contribution in [2.24, 2.45) is 0 Å². The number of rotatable bonds is 5. The minimum absolute atomic E-state index is 0.0526. The van der Waals surface area contributed by atoms with Gasteiger partial charge in [0.25, 0.3) is 0 Å². The number of carbonyl (C=O) groups is 1. The fraction of sp³-hybridized carbons (Fsp3) is 0.214. The zero-order valence-corrected chi connectivity index (χ0v) is 13.9. The van der Waals surface area contributed by atoms with Gasteiger partial charge in [0.1, 0.15) is 0 Å². The molecule has 1 N–H and O–H groups in total. The second-order valence-corrected chi connectivity index (χ2v) is 6.74. The Morgan fingerprint density at radius 3 is 2.89 bits per heavy atom. The fourth-order valence-electron chi connectivity index (χ4n) is 1.68. The monoisotopic (exact) mass is 405 g/mol. The second kappa shape index (κ2) is 7.26. The normalized spacial score (nSPS) is 10.4. The maximum absolute atomic E-state index is 11.8. The molecule has 0 fully saturated rings. The minimum Gasteiger partial charge on any atom is -0.325 e. The van der Waals surface area contributed by atoms with Crippen LogP contribution < -0.4 is 5.32 Å². The molecule has 100 valence electrons. The number of anilines is 1. The number of thiophene rings is 1. The first kappa shape index (κ1) is 14.8. The maximum Gasteiger partial charge on any atom is 0.224 e. The Labute approximate surface area is 135 Å². The smallest absolute Gasteiger partial charge is 0.224 e. The highest BCUT2D eigenvalue weighted by Crippen LogP contribution is 2.22. The van der Waals surface area contributed by atoms with Crippen molar-refractivity contribution in [3.63, 3.8) is 0 Å². The van der Waals surface area contributed by atoms with Gasteiger partial charge in [0, 0.05) is 19.9 Å². The van der Waals surface area contributed by atoms with E-state index in [9.17, 15) is 4.79 Å². The number of benzene rings is 1. The summed E-state index contributed by atoms with van der Waals surface area (Å²) in [5.74, 6) is 0.0526. The van der Waals surface area contributed by atoms with Gasteiger partial charge in [-0.3, -0.25) is 4.79 Å². The van der Waals surface area contributed by atoms with E-state index in [4.69, 9.17) is 11.6 Å². The van der Waals surface area contributed by atoms with Crippen LogP contribution in [0.1, 0.15) is 17.7 Å². The van der Waals surface area contributed by atoms with Gasteiger partial charge >= 0.3 is 0 Å². The van der Waals surface area contributed by atoms with Gasteiger partial charge in [0.2, 0.25) is 5.91 Å². The van der Waals surface area contributed by atoms with Crippen LogP contribution in [-0.4, -0.2) is 5.91 Å². The van der Waals surface area contributed by atoms with Crippen molar-refractivity contribution in [1.82, 2.24) is 0 Å². The lowest BCUT2D eigenvalue weighted by Crippen LogP contribution is -2.12. The molecule has 2 nitrogen and oxygen atoms in total. The van der Waals surface area contributed by atoms with Crippen LogP contribution in [0.25, 0.3) is 0 Å². The molecular formula is C14H13ClINOS. The summed E-state index contributed by atoms with van der Waals surface area (Å²) in [6.07, 6.45) is 2.37. The summed E-state index contributed by atoms with van der Waals surface area (Å²) >= 11 is 9.78. The molecule has 0 unspecified atom stereocenters. The highest BCUT2D eigenvalue weighted by Gasteiger charge is 2.06. The predicted molar refractivity (Wildman–Crippen MR) is 90.1 cm³/mol. The lowest BCUT2D eigenvalue weighted by molar-refractivity contribution is -0.116.